The highest BCUT2D eigenvalue weighted by atomic mass is 15.1. The maximum Gasteiger partial charge on any atom is 0.000926 e. The summed E-state index contributed by atoms with van der Waals surface area (Å²) in [6.07, 6.45) is 5.67. The van der Waals surface area contributed by atoms with Gasteiger partial charge in [0.25, 0.3) is 0 Å². The van der Waals surface area contributed by atoms with Gasteiger partial charge in [0.2, 0.25) is 0 Å². The topological polar surface area (TPSA) is 15.3 Å². The number of nitrogens with zero attached hydrogens (tertiary/aromatic N) is 1. The fraction of sp³-hybridized carbons (Fsp3) is 1.00. The Labute approximate surface area is 107 Å². The Hall–Kier alpha value is -0.0800. The molecule has 4 unspecified atom stereocenters. The standard InChI is InChI=1S/C15H30N2/c1-12(14-5-4-7-16-10-14)6-8-17(3)11-15-9-13(15)2/h12-16H,4-11H2,1-3H3. The minimum absolute atomic E-state index is 0.891. The lowest BCUT2D eigenvalue weighted by Crippen LogP contribution is -2.34. The molecule has 2 aliphatic rings. The van der Waals surface area contributed by atoms with Crippen molar-refractivity contribution in [2.45, 2.75) is 39.5 Å². The van der Waals surface area contributed by atoms with Gasteiger partial charge in [-0.25, -0.2) is 0 Å². The summed E-state index contributed by atoms with van der Waals surface area (Å²) in [6, 6.07) is 0. The van der Waals surface area contributed by atoms with Gasteiger partial charge in [0, 0.05) is 6.54 Å². The molecule has 0 radical (unpaired) electrons. The average molecular weight is 238 g/mol. The molecule has 0 aromatic rings. The van der Waals surface area contributed by atoms with Gasteiger partial charge in [-0.05, 0) is 76.0 Å². The molecule has 0 aromatic carbocycles. The van der Waals surface area contributed by atoms with Gasteiger partial charge in [0.05, 0.1) is 0 Å². The predicted molar refractivity (Wildman–Crippen MR) is 74.1 cm³/mol. The molecule has 1 heterocycles. The zero-order valence-corrected chi connectivity index (χ0v) is 11.9. The number of rotatable bonds is 6. The fourth-order valence-electron chi connectivity index (χ4n) is 3.17. The van der Waals surface area contributed by atoms with Gasteiger partial charge in [-0.3, -0.25) is 0 Å². The number of piperidine rings is 1. The van der Waals surface area contributed by atoms with Crippen molar-refractivity contribution in [3.8, 4) is 0 Å². The van der Waals surface area contributed by atoms with E-state index in [0.717, 1.165) is 23.7 Å². The summed E-state index contributed by atoms with van der Waals surface area (Å²) in [5.74, 6) is 3.82. The summed E-state index contributed by atoms with van der Waals surface area (Å²) in [5.41, 5.74) is 0. The van der Waals surface area contributed by atoms with Gasteiger partial charge in [-0.2, -0.15) is 0 Å². The summed E-state index contributed by atoms with van der Waals surface area (Å²) in [4.78, 5) is 2.56. The van der Waals surface area contributed by atoms with Crippen LogP contribution in [0.1, 0.15) is 39.5 Å². The Morgan fingerprint density at radius 2 is 2.18 bits per heavy atom. The van der Waals surface area contributed by atoms with Crippen molar-refractivity contribution in [3.05, 3.63) is 0 Å². The summed E-state index contributed by atoms with van der Waals surface area (Å²) >= 11 is 0. The second-order valence-electron chi connectivity index (χ2n) is 6.61. The van der Waals surface area contributed by atoms with E-state index >= 15 is 0 Å². The highest BCUT2D eigenvalue weighted by Crippen LogP contribution is 2.38. The number of nitrogens with one attached hydrogen (secondary N) is 1. The maximum atomic E-state index is 3.54. The molecular formula is C15H30N2. The molecule has 2 heteroatoms. The summed E-state index contributed by atoms with van der Waals surface area (Å²) in [6.45, 7) is 9.95. The molecule has 1 N–H and O–H groups in total. The molecule has 2 rings (SSSR count). The van der Waals surface area contributed by atoms with Crippen LogP contribution in [-0.2, 0) is 0 Å². The van der Waals surface area contributed by atoms with Gasteiger partial charge in [0.15, 0.2) is 0 Å². The molecule has 4 atom stereocenters. The highest BCUT2D eigenvalue weighted by molar-refractivity contribution is 4.84. The first kappa shape index (κ1) is 13.4. The first-order valence-electron chi connectivity index (χ1n) is 7.56. The molecule has 0 aromatic heterocycles. The van der Waals surface area contributed by atoms with Crippen LogP contribution in [0.15, 0.2) is 0 Å². The van der Waals surface area contributed by atoms with Gasteiger partial charge < -0.3 is 10.2 Å². The van der Waals surface area contributed by atoms with Crippen molar-refractivity contribution >= 4 is 0 Å². The van der Waals surface area contributed by atoms with E-state index in [1.54, 1.807) is 0 Å². The van der Waals surface area contributed by atoms with E-state index in [2.05, 4.69) is 31.1 Å². The first-order chi connectivity index (χ1) is 8.16. The Balaban J connectivity index is 1.59. The maximum absolute atomic E-state index is 3.54. The van der Waals surface area contributed by atoms with Crippen molar-refractivity contribution in [2.24, 2.45) is 23.7 Å². The predicted octanol–water partition coefficient (Wildman–Crippen LogP) is 2.60. The lowest BCUT2D eigenvalue weighted by molar-refractivity contribution is 0.228. The van der Waals surface area contributed by atoms with Crippen LogP contribution in [0.5, 0.6) is 0 Å². The van der Waals surface area contributed by atoms with E-state index in [9.17, 15) is 0 Å². The Kier molecular flexibility index (Phi) is 4.87. The lowest BCUT2D eigenvalue weighted by atomic mass is 9.85. The normalized spacial score (nSPS) is 34.9. The van der Waals surface area contributed by atoms with E-state index in [1.807, 2.05) is 0 Å². The summed E-state index contributed by atoms with van der Waals surface area (Å²) in [7, 11) is 2.30. The van der Waals surface area contributed by atoms with Crippen LogP contribution in [0.4, 0.5) is 0 Å². The highest BCUT2D eigenvalue weighted by Gasteiger charge is 2.33. The summed E-state index contributed by atoms with van der Waals surface area (Å²) < 4.78 is 0. The fourth-order valence-corrected chi connectivity index (χ4v) is 3.17. The molecule has 0 amide bonds. The second kappa shape index (κ2) is 6.19. The molecule has 100 valence electrons. The molecule has 1 aliphatic carbocycles. The van der Waals surface area contributed by atoms with Crippen LogP contribution in [0.2, 0.25) is 0 Å². The van der Waals surface area contributed by atoms with E-state index in [1.165, 1.54) is 51.9 Å². The zero-order valence-electron chi connectivity index (χ0n) is 11.9. The Bertz CT molecular complexity index is 223. The van der Waals surface area contributed by atoms with Crippen LogP contribution >= 0.6 is 0 Å². The molecule has 17 heavy (non-hydrogen) atoms. The van der Waals surface area contributed by atoms with Crippen molar-refractivity contribution in [2.75, 3.05) is 33.2 Å². The number of hydrogen-bond donors (Lipinski definition) is 1. The molecule has 1 saturated carbocycles. The third-order valence-corrected chi connectivity index (χ3v) is 4.93. The average Bonchev–Trinajstić information content (AvgIpc) is 3.03. The van der Waals surface area contributed by atoms with E-state index in [-0.39, 0.29) is 0 Å². The minimum atomic E-state index is 0.891. The SMILES string of the molecule is CC(CCN(C)CC1CC1C)C1CCCNC1. The molecule has 1 aliphatic heterocycles. The molecule has 0 spiro atoms. The van der Waals surface area contributed by atoms with E-state index in [0.29, 0.717) is 0 Å². The van der Waals surface area contributed by atoms with Crippen molar-refractivity contribution in [3.63, 3.8) is 0 Å². The van der Waals surface area contributed by atoms with Gasteiger partial charge in [0.1, 0.15) is 0 Å². The molecule has 0 bridgehead atoms. The third-order valence-electron chi connectivity index (χ3n) is 4.93. The summed E-state index contributed by atoms with van der Waals surface area (Å²) in [5, 5.41) is 3.54. The van der Waals surface area contributed by atoms with Crippen LogP contribution in [0.25, 0.3) is 0 Å². The van der Waals surface area contributed by atoms with Crippen LogP contribution in [0.3, 0.4) is 0 Å². The number of hydrogen-bond acceptors (Lipinski definition) is 2. The van der Waals surface area contributed by atoms with Crippen LogP contribution < -0.4 is 5.32 Å². The minimum Gasteiger partial charge on any atom is -0.316 e. The third kappa shape index (κ3) is 4.26. The lowest BCUT2D eigenvalue weighted by Gasteiger charge is -2.29. The van der Waals surface area contributed by atoms with Crippen molar-refractivity contribution in [1.82, 2.24) is 10.2 Å². The van der Waals surface area contributed by atoms with Crippen LogP contribution in [0, 0.1) is 23.7 Å². The second-order valence-corrected chi connectivity index (χ2v) is 6.61. The van der Waals surface area contributed by atoms with Gasteiger partial charge in [-0.1, -0.05) is 13.8 Å². The smallest absolute Gasteiger partial charge is 0.000926 e. The van der Waals surface area contributed by atoms with Crippen molar-refractivity contribution < 1.29 is 0 Å². The van der Waals surface area contributed by atoms with Crippen LogP contribution in [-0.4, -0.2) is 38.1 Å². The quantitative estimate of drug-likeness (QED) is 0.765. The Morgan fingerprint density at radius 1 is 1.41 bits per heavy atom. The van der Waals surface area contributed by atoms with E-state index in [4.69, 9.17) is 0 Å². The van der Waals surface area contributed by atoms with Gasteiger partial charge >= 0.3 is 0 Å². The molecule has 2 nitrogen and oxygen atoms in total. The molecular weight excluding hydrogens is 208 g/mol. The largest absolute Gasteiger partial charge is 0.316 e. The van der Waals surface area contributed by atoms with Crippen molar-refractivity contribution in [1.29, 1.82) is 0 Å². The molecule has 1 saturated heterocycles. The Morgan fingerprint density at radius 3 is 2.76 bits per heavy atom. The zero-order chi connectivity index (χ0) is 12.3. The monoisotopic (exact) mass is 238 g/mol. The first-order valence-corrected chi connectivity index (χ1v) is 7.56. The van der Waals surface area contributed by atoms with Gasteiger partial charge in [-0.15, -0.1) is 0 Å². The van der Waals surface area contributed by atoms with E-state index < -0.39 is 0 Å². The molecule has 2 fully saturated rings.